The lowest BCUT2D eigenvalue weighted by Gasteiger charge is -2.08. The zero-order chi connectivity index (χ0) is 26.6. The topological polar surface area (TPSA) is 99.5 Å². The molecule has 1 heterocycles. The molecule has 4 aromatic rings. The van der Waals surface area contributed by atoms with E-state index in [-0.39, 0.29) is 5.96 Å². The van der Waals surface area contributed by atoms with Gasteiger partial charge >= 0.3 is 6.18 Å². The van der Waals surface area contributed by atoms with Crippen LogP contribution in [0.5, 0.6) is 0 Å². The van der Waals surface area contributed by atoms with Crippen LogP contribution in [0, 0.1) is 12.3 Å². The summed E-state index contributed by atoms with van der Waals surface area (Å²) in [6, 6.07) is 20.2. The van der Waals surface area contributed by atoms with Crippen LogP contribution in [0.1, 0.15) is 28.6 Å². The number of thiazole rings is 1. The van der Waals surface area contributed by atoms with E-state index in [1.54, 1.807) is 6.21 Å². The number of halogens is 3. The quantitative estimate of drug-likeness (QED) is 0.149. The Balaban J connectivity index is 1.49. The first-order valence-electron chi connectivity index (χ1n) is 11.1. The van der Waals surface area contributed by atoms with Gasteiger partial charge in [0, 0.05) is 11.8 Å². The summed E-state index contributed by atoms with van der Waals surface area (Å²) in [4.78, 5) is 10.1. The molecule has 0 amide bonds. The van der Waals surface area contributed by atoms with Crippen molar-refractivity contribution >= 4 is 34.9 Å². The first kappa shape index (κ1) is 25.8. The van der Waals surface area contributed by atoms with Crippen molar-refractivity contribution < 1.29 is 13.2 Å². The number of hydrogen-bond donors (Lipinski definition) is 3. The lowest BCUT2D eigenvalue weighted by atomic mass is 10.0. The summed E-state index contributed by atoms with van der Waals surface area (Å²) >= 11 is 1.49. The smallest absolute Gasteiger partial charge is 0.369 e. The second-order valence-corrected chi connectivity index (χ2v) is 9.16. The minimum atomic E-state index is -4.35. The van der Waals surface area contributed by atoms with Gasteiger partial charge in [-0.15, -0.1) is 11.3 Å². The molecule has 0 fully saturated rings. The third kappa shape index (κ3) is 6.47. The van der Waals surface area contributed by atoms with Crippen molar-refractivity contribution in [2.24, 2.45) is 15.8 Å². The maximum Gasteiger partial charge on any atom is 0.416 e. The standard InChI is InChI=1S/C27H23F3N6S/c1-16-24(17(2)35-36-26(31)32)37-25(34-16)21-4-3-5-23(14-21)33-15-18-6-8-19(9-7-18)20-10-12-22(13-11-20)27(28,29)30/h3-15H,1-2H3,(H4,31,32,36). The van der Waals surface area contributed by atoms with Crippen LogP contribution in [0.3, 0.4) is 0 Å². The van der Waals surface area contributed by atoms with Gasteiger partial charge in [0.1, 0.15) is 5.01 Å². The van der Waals surface area contributed by atoms with E-state index in [0.717, 1.165) is 50.1 Å². The Morgan fingerprint density at radius 2 is 1.65 bits per heavy atom. The molecule has 1 aromatic heterocycles. The van der Waals surface area contributed by atoms with Crippen LogP contribution < -0.4 is 11.2 Å². The maximum atomic E-state index is 12.8. The van der Waals surface area contributed by atoms with E-state index in [9.17, 15) is 13.2 Å². The fourth-order valence-corrected chi connectivity index (χ4v) is 4.54. The highest BCUT2D eigenvalue weighted by Crippen LogP contribution is 2.32. The van der Waals surface area contributed by atoms with Crippen molar-refractivity contribution in [2.45, 2.75) is 20.0 Å². The molecule has 0 aliphatic carbocycles. The fraction of sp³-hybridized carbons (Fsp3) is 0.111. The van der Waals surface area contributed by atoms with Gasteiger partial charge in [-0.2, -0.15) is 18.3 Å². The largest absolute Gasteiger partial charge is 0.416 e. The Kier molecular flexibility index (Phi) is 7.49. The summed E-state index contributed by atoms with van der Waals surface area (Å²) in [5.41, 5.74) is 12.6. The fourth-order valence-electron chi connectivity index (χ4n) is 3.53. The second kappa shape index (κ2) is 10.8. The van der Waals surface area contributed by atoms with Crippen LogP contribution in [0.15, 0.2) is 82.9 Å². The average Bonchev–Trinajstić information content (AvgIpc) is 3.28. The Hall–Kier alpha value is -4.31. The van der Waals surface area contributed by atoms with Crippen molar-refractivity contribution in [3.63, 3.8) is 0 Å². The highest BCUT2D eigenvalue weighted by molar-refractivity contribution is 7.17. The Morgan fingerprint density at radius 3 is 2.27 bits per heavy atom. The van der Waals surface area contributed by atoms with E-state index in [2.05, 4.69) is 20.5 Å². The molecule has 6 nitrogen and oxygen atoms in total. The van der Waals surface area contributed by atoms with Crippen molar-refractivity contribution in [1.29, 1.82) is 5.41 Å². The van der Waals surface area contributed by atoms with E-state index < -0.39 is 11.7 Å². The Labute approximate surface area is 215 Å². The molecule has 0 aliphatic rings. The van der Waals surface area contributed by atoms with Gasteiger partial charge in [-0.25, -0.2) is 10.4 Å². The number of benzene rings is 3. The lowest BCUT2D eigenvalue weighted by Crippen LogP contribution is -2.26. The third-order valence-corrected chi connectivity index (χ3v) is 6.70. The molecule has 0 spiro atoms. The number of nitrogens with zero attached hydrogens (tertiary/aromatic N) is 3. The number of nitrogens with one attached hydrogen (secondary N) is 2. The number of hydrazone groups is 1. The number of hydrogen-bond acceptors (Lipinski definition) is 5. The monoisotopic (exact) mass is 520 g/mol. The summed E-state index contributed by atoms with van der Waals surface area (Å²) in [6.45, 7) is 3.72. The number of aromatic nitrogens is 1. The van der Waals surface area contributed by atoms with Gasteiger partial charge in [-0.3, -0.25) is 10.4 Å². The summed E-state index contributed by atoms with van der Waals surface area (Å²) in [5.74, 6) is -0.235. The number of rotatable bonds is 6. The number of guanidine groups is 1. The summed E-state index contributed by atoms with van der Waals surface area (Å²) in [5, 5.41) is 12.2. The van der Waals surface area contributed by atoms with E-state index in [1.165, 1.54) is 23.5 Å². The van der Waals surface area contributed by atoms with E-state index in [1.807, 2.05) is 62.4 Å². The molecule has 0 bridgehead atoms. The van der Waals surface area contributed by atoms with Crippen molar-refractivity contribution in [1.82, 2.24) is 10.4 Å². The molecule has 0 saturated heterocycles. The zero-order valence-electron chi connectivity index (χ0n) is 20.0. The van der Waals surface area contributed by atoms with E-state index >= 15 is 0 Å². The lowest BCUT2D eigenvalue weighted by molar-refractivity contribution is -0.137. The average molecular weight is 521 g/mol. The molecular weight excluding hydrogens is 497 g/mol. The van der Waals surface area contributed by atoms with Crippen molar-refractivity contribution in [3.8, 4) is 21.7 Å². The van der Waals surface area contributed by atoms with Crippen LogP contribution in [-0.4, -0.2) is 22.9 Å². The molecule has 0 aliphatic heterocycles. The first-order chi connectivity index (χ1) is 17.6. The molecule has 3 aromatic carbocycles. The number of aryl methyl sites for hydroxylation is 1. The van der Waals surface area contributed by atoms with Crippen LogP contribution in [0.4, 0.5) is 18.9 Å². The Morgan fingerprint density at radius 1 is 1.00 bits per heavy atom. The zero-order valence-corrected chi connectivity index (χ0v) is 20.8. The van der Waals surface area contributed by atoms with Gasteiger partial charge in [0.2, 0.25) is 5.96 Å². The van der Waals surface area contributed by atoms with Crippen LogP contribution in [0.25, 0.3) is 21.7 Å². The molecule has 188 valence electrons. The number of alkyl halides is 3. The number of aliphatic imine (C=N–C) groups is 1. The SMILES string of the molecule is CC(=NNC(=N)N)c1sc(-c2cccc(N=Cc3ccc(-c4ccc(C(F)(F)F)cc4)cc3)c2)nc1C. The molecule has 37 heavy (non-hydrogen) atoms. The van der Waals surface area contributed by atoms with E-state index in [0.29, 0.717) is 11.3 Å². The summed E-state index contributed by atoms with van der Waals surface area (Å²) < 4.78 is 38.4. The predicted octanol–water partition coefficient (Wildman–Crippen LogP) is 6.76. The van der Waals surface area contributed by atoms with Crippen molar-refractivity contribution in [2.75, 3.05) is 0 Å². The van der Waals surface area contributed by atoms with Gasteiger partial charge in [0.15, 0.2) is 0 Å². The van der Waals surface area contributed by atoms with Gasteiger partial charge in [-0.05, 0) is 54.8 Å². The summed E-state index contributed by atoms with van der Waals surface area (Å²) in [7, 11) is 0. The molecule has 0 atom stereocenters. The van der Waals surface area contributed by atoms with Gasteiger partial charge in [0.25, 0.3) is 0 Å². The molecule has 4 N–H and O–H groups in total. The van der Waals surface area contributed by atoms with Crippen LogP contribution >= 0.6 is 11.3 Å². The molecular formula is C27H23F3N6S. The third-order valence-electron chi connectivity index (χ3n) is 5.38. The second-order valence-electron chi connectivity index (χ2n) is 8.16. The van der Waals surface area contributed by atoms with E-state index in [4.69, 9.17) is 11.1 Å². The van der Waals surface area contributed by atoms with Crippen LogP contribution in [-0.2, 0) is 6.18 Å². The van der Waals surface area contributed by atoms with Crippen molar-refractivity contribution in [3.05, 3.63) is 94.5 Å². The minimum absolute atomic E-state index is 0.235. The van der Waals surface area contributed by atoms with Crippen LogP contribution in [0.2, 0.25) is 0 Å². The number of nitrogens with two attached hydrogens (primary N) is 1. The minimum Gasteiger partial charge on any atom is -0.369 e. The molecule has 0 unspecified atom stereocenters. The first-order valence-corrected chi connectivity index (χ1v) is 12.0. The molecule has 4 rings (SSSR count). The molecule has 0 saturated carbocycles. The maximum absolute atomic E-state index is 12.8. The Bertz CT molecular complexity index is 1470. The molecule has 0 radical (unpaired) electrons. The van der Waals surface area contributed by atoms with Gasteiger partial charge in [0.05, 0.1) is 27.5 Å². The normalized spacial score (nSPS) is 12.2. The van der Waals surface area contributed by atoms with Gasteiger partial charge < -0.3 is 5.73 Å². The molecule has 10 heteroatoms. The highest BCUT2D eigenvalue weighted by Gasteiger charge is 2.29. The highest BCUT2D eigenvalue weighted by atomic mass is 32.1. The summed E-state index contributed by atoms with van der Waals surface area (Å²) in [6.07, 6.45) is -2.61. The van der Waals surface area contributed by atoms with Gasteiger partial charge in [-0.1, -0.05) is 48.5 Å². The predicted molar refractivity (Wildman–Crippen MR) is 144 cm³/mol.